The van der Waals surface area contributed by atoms with Gasteiger partial charge in [0.05, 0.1) is 35.3 Å². The van der Waals surface area contributed by atoms with Crippen LogP contribution in [0.5, 0.6) is 0 Å². The van der Waals surface area contributed by atoms with Crippen LogP contribution in [0, 0.1) is 0 Å². The van der Waals surface area contributed by atoms with E-state index in [1.54, 1.807) is 20.8 Å². The van der Waals surface area contributed by atoms with Crippen molar-refractivity contribution in [1.82, 2.24) is 5.32 Å². The molecule has 1 saturated heterocycles. The topological polar surface area (TPSA) is 77.1 Å². The molecule has 1 amide bonds. The molecule has 0 spiro atoms. The van der Waals surface area contributed by atoms with Gasteiger partial charge in [0.25, 0.3) is 5.92 Å². The van der Waals surface area contributed by atoms with Crippen molar-refractivity contribution in [2.75, 3.05) is 31.7 Å². The number of alkyl halides is 2. The monoisotopic (exact) mass is 524 g/mol. The van der Waals surface area contributed by atoms with Gasteiger partial charge < -0.3 is 24.4 Å². The molecule has 174 valence electrons. The van der Waals surface area contributed by atoms with Gasteiger partial charge in [0.2, 0.25) is 0 Å². The molecule has 7 nitrogen and oxygen atoms in total. The number of carbonyl (C=O) groups excluding carboxylic acids is 2. The molecule has 11 heteroatoms. The van der Waals surface area contributed by atoms with Gasteiger partial charge in [-0.2, -0.15) is 0 Å². The summed E-state index contributed by atoms with van der Waals surface area (Å²) in [6.07, 6.45) is 0.0497. The van der Waals surface area contributed by atoms with Crippen molar-refractivity contribution in [3.63, 3.8) is 0 Å². The van der Waals surface area contributed by atoms with E-state index in [-0.39, 0.29) is 17.5 Å². The minimum atomic E-state index is -2.99. The summed E-state index contributed by atoms with van der Waals surface area (Å²) >= 11 is 4.39. The number of amides is 1. The van der Waals surface area contributed by atoms with Crippen LogP contribution in [0.15, 0.2) is 3.79 Å². The molecule has 0 aromatic carbocycles. The Morgan fingerprint density at radius 3 is 2.71 bits per heavy atom. The second-order valence-corrected chi connectivity index (χ2v) is 11.1. The van der Waals surface area contributed by atoms with E-state index in [0.29, 0.717) is 28.1 Å². The molecule has 2 aliphatic heterocycles. The number of anilines is 1. The highest BCUT2D eigenvalue weighted by atomic mass is 79.9. The number of fused-ring (bicyclic) bond motifs is 1. The Labute approximate surface area is 192 Å². The van der Waals surface area contributed by atoms with Crippen molar-refractivity contribution in [2.45, 2.75) is 63.7 Å². The number of ether oxygens (including phenoxy) is 3. The molecule has 2 atom stereocenters. The standard InChI is InChI=1S/C20H27BrF2N2O5S/c1-19(2,3)30-18(27)24-12(13-6-5-7-29-13)9-25-10-20(22,23)8-11-14(25)15(17(26)28-4)31-16(11)21/h12-13H,5-10H2,1-4H3,(H,24,27). The lowest BCUT2D eigenvalue weighted by Gasteiger charge is -2.38. The highest BCUT2D eigenvalue weighted by molar-refractivity contribution is 9.11. The van der Waals surface area contributed by atoms with E-state index in [1.807, 2.05) is 0 Å². The molecule has 1 aromatic heterocycles. The van der Waals surface area contributed by atoms with Crippen molar-refractivity contribution < 1.29 is 32.6 Å². The number of thiophene rings is 1. The fourth-order valence-corrected chi connectivity index (χ4v) is 5.65. The van der Waals surface area contributed by atoms with Crippen molar-refractivity contribution in [3.8, 4) is 0 Å². The zero-order chi connectivity index (χ0) is 23.0. The lowest BCUT2D eigenvalue weighted by molar-refractivity contribution is 0.00284. The molecule has 1 fully saturated rings. The first-order valence-electron chi connectivity index (χ1n) is 10.0. The Morgan fingerprint density at radius 2 is 2.13 bits per heavy atom. The van der Waals surface area contributed by atoms with Crippen LogP contribution >= 0.6 is 27.3 Å². The zero-order valence-electron chi connectivity index (χ0n) is 17.9. The van der Waals surface area contributed by atoms with E-state index in [4.69, 9.17) is 14.2 Å². The fraction of sp³-hybridized carbons (Fsp3) is 0.700. The summed E-state index contributed by atoms with van der Waals surface area (Å²) in [6, 6.07) is -0.594. The maximum Gasteiger partial charge on any atom is 0.408 e. The number of alkyl carbamates (subject to hydrolysis) is 1. The normalized spacial score (nSPS) is 21.4. The zero-order valence-corrected chi connectivity index (χ0v) is 20.3. The first kappa shape index (κ1) is 24.2. The first-order chi connectivity index (χ1) is 14.4. The minimum Gasteiger partial charge on any atom is -0.465 e. The number of hydrogen-bond donors (Lipinski definition) is 1. The van der Waals surface area contributed by atoms with Crippen LogP contribution in [0.2, 0.25) is 0 Å². The van der Waals surface area contributed by atoms with Gasteiger partial charge in [-0.1, -0.05) is 0 Å². The van der Waals surface area contributed by atoms with Crippen molar-refractivity contribution in [2.24, 2.45) is 0 Å². The van der Waals surface area contributed by atoms with E-state index in [1.165, 1.54) is 12.0 Å². The number of esters is 1. The van der Waals surface area contributed by atoms with Gasteiger partial charge in [-0.25, -0.2) is 18.4 Å². The van der Waals surface area contributed by atoms with E-state index in [2.05, 4.69) is 21.2 Å². The Hall–Kier alpha value is -1.46. The molecule has 0 radical (unpaired) electrons. The molecule has 1 aromatic rings. The van der Waals surface area contributed by atoms with E-state index in [9.17, 15) is 18.4 Å². The largest absolute Gasteiger partial charge is 0.465 e. The Kier molecular flexibility index (Phi) is 7.17. The molecular formula is C20H27BrF2N2O5S. The van der Waals surface area contributed by atoms with Crippen LogP contribution in [0.1, 0.15) is 48.8 Å². The summed E-state index contributed by atoms with van der Waals surface area (Å²) in [5, 5.41) is 2.79. The number of halogens is 3. The lowest BCUT2D eigenvalue weighted by Crippen LogP contribution is -2.54. The second-order valence-electron chi connectivity index (χ2n) is 8.74. The van der Waals surface area contributed by atoms with Crippen LogP contribution in [-0.2, 0) is 20.6 Å². The fourth-order valence-electron chi connectivity index (χ4n) is 3.85. The van der Waals surface area contributed by atoms with Gasteiger partial charge >= 0.3 is 12.1 Å². The quantitative estimate of drug-likeness (QED) is 0.576. The highest BCUT2D eigenvalue weighted by Crippen LogP contribution is 2.46. The van der Waals surface area contributed by atoms with Gasteiger partial charge in [-0.15, -0.1) is 11.3 Å². The summed E-state index contributed by atoms with van der Waals surface area (Å²) in [6.45, 7) is 5.24. The molecule has 1 N–H and O–H groups in total. The van der Waals surface area contributed by atoms with Crippen LogP contribution in [-0.4, -0.2) is 62.5 Å². The summed E-state index contributed by atoms with van der Waals surface area (Å²) in [4.78, 5) is 26.5. The average molecular weight is 525 g/mol. The molecule has 0 aliphatic carbocycles. The van der Waals surface area contributed by atoms with Gasteiger partial charge in [0.15, 0.2) is 0 Å². The molecule has 2 aliphatic rings. The lowest BCUT2D eigenvalue weighted by atomic mass is 9.99. The summed E-state index contributed by atoms with van der Waals surface area (Å²) < 4.78 is 45.6. The van der Waals surface area contributed by atoms with E-state index in [0.717, 1.165) is 17.8 Å². The first-order valence-corrected chi connectivity index (χ1v) is 11.6. The maximum atomic E-state index is 14.6. The van der Waals surface area contributed by atoms with Crippen LogP contribution in [0.3, 0.4) is 0 Å². The minimum absolute atomic E-state index is 0.0413. The van der Waals surface area contributed by atoms with Gasteiger partial charge in [0, 0.05) is 25.1 Å². The number of methoxy groups -OCH3 is 1. The molecule has 0 bridgehead atoms. The SMILES string of the molecule is COC(=O)c1sc(Br)c2c1N(CC(NC(=O)OC(C)(C)C)C1CCCO1)CC(F)(F)C2. The van der Waals surface area contributed by atoms with Gasteiger partial charge in [0.1, 0.15) is 10.5 Å². The number of nitrogens with one attached hydrogen (secondary N) is 1. The third kappa shape index (κ3) is 5.87. The summed E-state index contributed by atoms with van der Waals surface area (Å²) in [5.74, 6) is -3.58. The van der Waals surface area contributed by atoms with Crippen molar-refractivity contribution >= 4 is 45.0 Å². The third-order valence-corrected chi connectivity index (χ3v) is 6.96. The highest BCUT2D eigenvalue weighted by Gasteiger charge is 2.44. The van der Waals surface area contributed by atoms with Gasteiger partial charge in [-0.3, -0.25) is 0 Å². The third-order valence-electron chi connectivity index (χ3n) is 5.01. The maximum absolute atomic E-state index is 14.6. The van der Waals surface area contributed by atoms with Crippen molar-refractivity contribution in [3.05, 3.63) is 14.2 Å². The van der Waals surface area contributed by atoms with Crippen LogP contribution < -0.4 is 10.2 Å². The van der Waals surface area contributed by atoms with Crippen LogP contribution in [0.4, 0.5) is 19.3 Å². The summed E-state index contributed by atoms with van der Waals surface area (Å²) in [7, 11) is 1.25. The predicted octanol–water partition coefficient (Wildman–Crippen LogP) is 4.37. The smallest absolute Gasteiger partial charge is 0.408 e. The van der Waals surface area contributed by atoms with E-state index < -0.39 is 42.6 Å². The number of carbonyl (C=O) groups is 2. The number of nitrogens with zero attached hydrogens (tertiary/aromatic N) is 1. The number of rotatable bonds is 5. The second kappa shape index (κ2) is 9.19. The Balaban J connectivity index is 1.91. The average Bonchev–Trinajstić information content (AvgIpc) is 3.27. The molecule has 0 saturated carbocycles. The van der Waals surface area contributed by atoms with Gasteiger partial charge in [-0.05, 0) is 49.5 Å². The predicted molar refractivity (Wildman–Crippen MR) is 116 cm³/mol. The van der Waals surface area contributed by atoms with Crippen LogP contribution in [0.25, 0.3) is 0 Å². The van der Waals surface area contributed by atoms with Crippen molar-refractivity contribution in [1.29, 1.82) is 0 Å². The Bertz CT molecular complexity index is 836. The van der Waals surface area contributed by atoms with E-state index >= 15 is 0 Å². The molecule has 3 rings (SSSR count). The number of hydrogen-bond acceptors (Lipinski definition) is 7. The molecule has 31 heavy (non-hydrogen) atoms. The summed E-state index contributed by atoms with van der Waals surface area (Å²) in [5.41, 5.74) is 0.0842. The molecular weight excluding hydrogens is 498 g/mol. The molecule has 3 heterocycles. The molecule has 2 unspecified atom stereocenters. The Morgan fingerprint density at radius 1 is 1.42 bits per heavy atom.